The predicted octanol–water partition coefficient (Wildman–Crippen LogP) is 2.11. The normalized spacial score (nSPS) is 30.0. The van der Waals surface area contributed by atoms with Gasteiger partial charge in [-0.1, -0.05) is 19.8 Å². The van der Waals surface area contributed by atoms with Crippen molar-refractivity contribution in [2.24, 2.45) is 16.8 Å². The SMILES string of the molecule is CN=C(NCCCOCC1CCOC1)NCC1(N(C)C)CCCC(C)C1. The van der Waals surface area contributed by atoms with Gasteiger partial charge in [-0.3, -0.25) is 4.99 Å². The predicted molar refractivity (Wildman–Crippen MR) is 108 cm³/mol. The average Bonchev–Trinajstić information content (AvgIpc) is 3.13. The van der Waals surface area contributed by atoms with E-state index in [9.17, 15) is 0 Å². The van der Waals surface area contributed by atoms with Gasteiger partial charge in [-0.2, -0.15) is 0 Å². The van der Waals surface area contributed by atoms with Crippen LogP contribution in [0.4, 0.5) is 0 Å². The fraction of sp³-hybridized carbons (Fsp3) is 0.950. The summed E-state index contributed by atoms with van der Waals surface area (Å²) < 4.78 is 11.1. The van der Waals surface area contributed by atoms with Gasteiger partial charge in [0.05, 0.1) is 13.2 Å². The molecule has 6 heteroatoms. The quantitative estimate of drug-likeness (QED) is 0.371. The molecule has 26 heavy (non-hydrogen) atoms. The summed E-state index contributed by atoms with van der Waals surface area (Å²) in [6.07, 6.45) is 7.31. The molecule has 0 radical (unpaired) electrons. The van der Waals surface area contributed by atoms with E-state index in [4.69, 9.17) is 9.47 Å². The highest BCUT2D eigenvalue weighted by Crippen LogP contribution is 2.35. The summed E-state index contributed by atoms with van der Waals surface area (Å²) in [4.78, 5) is 6.79. The van der Waals surface area contributed by atoms with Crippen molar-refractivity contribution in [3.8, 4) is 0 Å². The van der Waals surface area contributed by atoms with Crippen molar-refractivity contribution < 1.29 is 9.47 Å². The fourth-order valence-corrected chi connectivity index (χ4v) is 4.17. The molecule has 1 aliphatic carbocycles. The van der Waals surface area contributed by atoms with E-state index in [1.165, 1.54) is 25.7 Å². The first kappa shape index (κ1) is 21.5. The number of hydrogen-bond donors (Lipinski definition) is 2. The van der Waals surface area contributed by atoms with Gasteiger partial charge in [-0.25, -0.2) is 0 Å². The highest BCUT2D eigenvalue weighted by atomic mass is 16.5. The molecule has 2 rings (SSSR count). The van der Waals surface area contributed by atoms with Crippen molar-refractivity contribution in [1.29, 1.82) is 0 Å². The minimum absolute atomic E-state index is 0.238. The largest absolute Gasteiger partial charge is 0.381 e. The summed E-state index contributed by atoms with van der Waals surface area (Å²) in [5, 5.41) is 6.98. The molecule has 0 amide bonds. The molecule has 1 saturated carbocycles. The standard InChI is InChI=1S/C20H40N4O2/c1-17-7-5-9-20(13-17,24(3)4)16-23-19(21-2)22-10-6-11-25-14-18-8-12-26-15-18/h17-18H,5-16H2,1-4H3,(H2,21,22,23). The summed E-state index contributed by atoms with van der Waals surface area (Å²) in [6.45, 7) is 7.58. The Hall–Kier alpha value is -0.850. The Morgan fingerprint density at radius 1 is 1.31 bits per heavy atom. The second-order valence-corrected chi connectivity index (χ2v) is 8.33. The van der Waals surface area contributed by atoms with Crippen LogP contribution < -0.4 is 10.6 Å². The van der Waals surface area contributed by atoms with E-state index in [1.807, 2.05) is 7.05 Å². The van der Waals surface area contributed by atoms with Crippen molar-refractivity contribution in [2.75, 3.05) is 60.7 Å². The zero-order chi connectivity index (χ0) is 18.8. The Balaban J connectivity index is 1.63. The molecule has 152 valence electrons. The Labute approximate surface area is 160 Å². The topological polar surface area (TPSA) is 58.1 Å². The van der Waals surface area contributed by atoms with E-state index < -0.39 is 0 Å². The molecule has 0 bridgehead atoms. The van der Waals surface area contributed by atoms with Crippen LogP contribution in [0.3, 0.4) is 0 Å². The van der Waals surface area contributed by atoms with Gasteiger partial charge in [0.15, 0.2) is 5.96 Å². The number of likely N-dealkylation sites (N-methyl/N-ethyl adjacent to an activating group) is 1. The number of ether oxygens (including phenoxy) is 2. The number of aliphatic imine (C=N–C) groups is 1. The monoisotopic (exact) mass is 368 g/mol. The van der Waals surface area contributed by atoms with Crippen LogP contribution in [-0.2, 0) is 9.47 Å². The van der Waals surface area contributed by atoms with E-state index in [0.717, 1.165) is 64.2 Å². The second-order valence-electron chi connectivity index (χ2n) is 8.33. The molecule has 3 unspecified atom stereocenters. The van der Waals surface area contributed by atoms with Crippen LogP contribution in [0.1, 0.15) is 45.4 Å². The van der Waals surface area contributed by atoms with Crippen LogP contribution in [-0.4, -0.2) is 77.1 Å². The molecule has 0 spiro atoms. The van der Waals surface area contributed by atoms with Crippen LogP contribution in [0.15, 0.2) is 4.99 Å². The van der Waals surface area contributed by atoms with Gasteiger partial charge in [-0.15, -0.1) is 0 Å². The average molecular weight is 369 g/mol. The molecular weight excluding hydrogens is 328 g/mol. The van der Waals surface area contributed by atoms with Crippen molar-refractivity contribution in [3.63, 3.8) is 0 Å². The van der Waals surface area contributed by atoms with Crippen LogP contribution in [0.2, 0.25) is 0 Å². The Kier molecular flexibility index (Phi) is 9.16. The Bertz CT molecular complexity index is 424. The van der Waals surface area contributed by atoms with Crippen LogP contribution in [0, 0.1) is 11.8 Å². The molecule has 0 aromatic carbocycles. The molecule has 6 nitrogen and oxygen atoms in total. The minimum atomic E-state index is 0.238. The van der Waals surface area contributed by atoms with Crippen molar-refractivity contribution in [3.05, 3.63) is 0 Å². The summed E-state index contributed by atoms with van der Waals surface area (Å²) in [5.41, 5.74) is 0.238. The van der Waals surface area contributed by atoms with Crippen molar-refractivity contribution in [1.82, 2.24) is 15.5 Å². The Morgan fingerprint density at radius 3 is 2.81 bits per heavy atom. The summed E-state index contributed by atoms with van der Waals surface area (Å²) in [7, 11) is 6.27. The number of guanidine groups is 1. The molecule has 3 atom stereocenters. The zero-order valence-electron chi connectivity index (χ0n) is 17.4. The highest BCUT2D eigenvalue weighted by molar-refractivity contribution is 5.79. The van der Waals surface area contributed by atoms with Crippen LogP contribution in [0.25, 0.3) is 0 Å². The second kappa shape index (κ2) is 11.1. The van der Waals surface area contributed by atoms with E-state index in [0.29, 0.717) is 5.92 Å². The van der Waals surface area contributed by atoms with Gasteiger partial charge in [0.1, 0.15) is 0 Å². The van der Waals surface area contributed by atoms with E-state index in [1.54, 1.807) is 0 Å². The molecule has 1 saturated heterocycles. The molecule has 1 aliphatic heterocycles. The van der Waals surface area contributed by atoms with Gasteiger partial charge in [0.2, 0.25) is 0 Å². The molecule has 0 aromatic heterocycles. The van der Waals surface area contributed by atoms with Crippen molar-refractivity contribution >= 4 is 5.96 Å². The van der Waals surface area contributed by atoms with E-state index in [-0.39, 0.29) is 5.54 Å². The third-order valence-corrected chi connectivity index (χ3v) is 5.96. The lowest BCUT2D eigenvalue weighted by Crippen LogP contribution is -2.56. The zero-order valence-corrected chi connectivity index (χ0v) is 17.4. The summed E-state index contributed by atoms with van der Waals surface area (Å²) in [6, 6.07) is 0. The van der Waals surface area contributed by atoms with Gasteiger partial charge < -0.3 is 25.0 Å². The maximum atomic E-state index is 5.76. The lowest BCUT2D eigenvalue weighted by Gasteiger charge is -2.45. The first-order chi connectivity index (χ1) is 12.6. The van der Waals surface area contributed by atoms with Gasteiger partial charge >= 0.3 is 0 Å². The van der Waals surface area contributed by atoms with E-state index in [2.05, 4.69) is 41.5 Å². The van der Waals surface area contributed by atoms with E-state index >= 15 is 0 Å². The first-order valence-electron chi connectivity index (χ1n) is 10.3. The lowest BCUT2D eigenvalue weighted by atomic mass is 9.75. The number of nitrogens with one attached hydrogen (secondary N) is 2. The van der Waals surface area contributed by atoms with Gasteiger partial charge in [0.25, 0.3) is 0 Å². The molecule has 0 aromatic rings. The number of hydrogen-bond acceptors (Lipinski definition) is 4. The molecule has 2 aliphatic rings. The molecular formula is C20H40N4O2. The van der Waals surface area contributed by atoms with Gasteiger partial charge in [-0.05, 0) is 45.7 Å². The molecule has 2 fully saturated rings. The van der Waals surface area contributed by atoms with Gasteiger partial charge in [0, 0.05) is 44.8 Å². The number of nitrogens with zero attached hydrogens (tertiary/aromatic N) is 2. The first-order valence-corrected chi connectivity index (χ1v) is 10.3. The van der Waals surface area contributed by atoms with Crippen molar-refractivity contribution in [2.45, 2.75) is 51.0 Å². The van der Waals surface area contributed by atoms with Crippen LogP contribution in [0.5, 0.6) is 0 Å². The maximum absolute atomic E-state index is 5.76. The Morgan fingerprint density at radius 2 is 2.15 bits per heavy atom. The number of rotatable bonds is 9. The molecule has 1 heterocycles. The third-order valence-electron chi connectivity index (χ3n) is 5.96. The molecule has 2 N–H and O–H groups in total. The third kappa shape index (κ3) is 6.71. The minimum Gasteiger partial charge on any atom is -0.381 e. The summed E-state index contributed by atoms with van der Waals surface area (Å²) in [5.74, 6) is 2.29. The van der Waals surface area contributed by atoms with Crippen LogP contribution >= 0.6 is 0 Å². The highest BCUT2D eigenvalue weighted by Gasteiger charge is 2.36. The fourth-order valence-electron chi connectivity index (χ4n) is 4.17. The smallest absolute Gasteiger partial charge is 0.191 e. The maximum Gasteiger partial charge on any atom is 0.191 e. The summed E-state index contributed by atoms with van der Waals surface area (Å²) >= 11 is 0. The lowest BCUT2D eigenvalue weighted by molar-refractivity contribution is 0.0794.